The molecular weight excluding hydrogens is 330 g/mol. The fraction of sp³-hybridized carbons (Fsp3) is 0.160. The molecular formula is C25H23NO. The molecule has 0 saturated heterocycles. The first-order valence-corrected chi connectivity index (χ1v) is 9.23. The van der Waals surface area contributed by atoms with Crippen molar-refractivity contribution in [2.75, 3.05) is 0 Å². The van der Waals surface area contributed by atoms with E-state index in [1.54, 1.807) is 0 Å². The Morgan fingerprint density at radius 2 is 1.37 bits per heavy atom. The molecule has 0 aliphatic heterocycles. The van der Waals surface area contributed by atoms with Crippen LogP contribution in [0.25, 0.3) is 33.9 Å². The molecule has 2 aromatic carbocycles. The minimum absolute atomic E-state index is 0.152. The Balaban J connectivity index is 1.63. The zero-order valence-corrected chi connectivity index (χ0v) is 15.9. The number of hydrogen-bond acceptors (Lipinski definition) is 2. The molecule has 0 bridgehead atoms. The van der Waals surface area contributed by atoms with E-state index in [-0.39, 0.29) is 5.41 Å². The van der Waals surface area contributed by atoms with Gasteiger partial charge in [0.1, 0.15) is 11.5 Å². The van der Waals surface area contributed by atoms with Crippen LogP contribution in [0, 0.1) is 0 Å². The van der Waals surface area contributed by atoms with Gasteiger partial charge >= 0.3 is 0 Å². The molecule has 0 aliphatic carbocycles. The molecule has 0 N–H and O–H groups in total. The predicted octanol–water partition coefficient (Wildman–Crippen LogP) is 6.97. The van der Waals surface area contributed by atoms with Gasteiger partial charge in [-0.25, -0.2) is 0 Å². The molecule has 0 unspecified atom stereocenters. The van der Waals surface area contributed by atoms with Crippen molar-refractivity contribution in [2.45, 2.75) is 26.2 Å². The fourth-order valence-electron chi connectivity index (χ4n) is 3.15. The van der Waals surface area contributed by atoms with Gasteiger partial charge in [-0.3, -0.25) is 4.98 Å². The number of furan rings is 1. The molecule has 4 aromatic rings. The fourth-order valence-corrected chi connectivity index (χ4v) is 3.15. The highest BCUT2D eigenvalue weighted by Gasteiger charge is 2.14. The van der Waals surface area contributed by atoms with Crippen LogP contribution in [0.15, 0.2) is 89.5 Å². The maximum atomic E-state index is 6.15. The summed E-state index contributed by atoms with van der Waals surface area (Å²) in [6, 6.07) is 26.9. The van der Waals surface area contributed by atoms with E-state index in [0.717, 1.165) is 33.9 Å². The first-order valence-electron chi connectivity index (χ1n) is 9.23. The highest BCUT2D eigenvalue weighted by atomic mass is 16.3. The molecule has 0 spiro atoms. The summed E-state index contributed by atoms with van der Waals surface area (Å²) in [6.45, 7) is 6.67. The Morgan fingerprint density at radius 1 is 0.667 bits per heavy atom. The van der Waals surface area contributed by atoms with E-state index < -0.39 is 0 Å². The summed E-state index contributed by atoms with van der Waals surface area (Å²) >= 11 is 0. The van der Waals surface area contributed by atoms with Crippen LogP contribution in [0.5, 0.6) is 0 Å². The Morgan fingerprint density at radius 3 is 2.04 bits per heavy atom. The Labute approximate surface area is 160 Å². The number of benzene rings is 2. The molecule has 0 saturated carbocycles. The smallest absolute Gasteiger partial charge is 0.134 e. The lowest BCUT2D eigenvalue weighted by atomic mass is 9.86. The van der Waals surface area contributed by atoms with Crippen LogP contribution in [-0.2, 0) is 5.41 Å². The van der Waals surface area contributed by atoms with Crippen LogP contribution in [0.3, 0.4) is 0 Å². The van der Waals surface area contributed by atoms with Gasteiger partial charge in [-0.1, -0.05) is 69.3 Å². The molecule has 27 heavy (non-hydrogen) atoms. The maximum absolute atomic E-state index is 6.15. The molecule has 2 nitrogen and oxygen atoms in total. The second-order valence-electron chi connectivity index (χ2n) is 7.79. The monoisotopic (exact) mass is 353 g/mol. The number of rotatable bonds is 3. The Bertz CT molecular complexity index is 1040. The van der Waals surface area contributed by atoms with Gasteiger partial charge in [0.25, 0.3) is 0 Å². The minimum atomic E-state index is 0.152. The molecule has 0 amide bonds. The largest absolute Gasteiger partial charge is 0.456 e. The van der Waals surface area contributed by atoms with Gasteiger partial charge in [-0.15, -0.1) is 0 Å². The van der Waals surface area contributed by atoms with Crippen molar-refractivity contribution < 1.29 is 4.42 Å². The Hall–Kier alpha value is -3.13. The van der Waals surface area contributed by atoms with Crippen molar-refractivity contribution >= 4 is 0 Å². The maximum Gasteiger partial charge on any atom is 0.134 e. The van der Waals surface area contributed by atoms with Gasteiger partial charge in [0, 0.05) is 22.9 Å². The molecule has 0 radical (unpaired) electrons. The number of pyridine rings is 1. The summed E-state index contributed by atoms with van der Waals surface area (Å²) in [5, 5.41) is 0. The lowest BCUT2D eigenvalue weighted by molar-refractivity contribution is 0.588. The van der Waals surface area contributed by atoms with Gasteiger partial charge in [0.05, 0.1) is 5.69 Å². The van der Waals surface area contributed by atoms with Crippen molar-refractivity contribution in [2.24, 2.45) is 0 Å². The van der Waals surface area contributed by atoms with Gasteiger partial charge < -0.3 is 4.42 Å². The summed E-state index contributed by atoms with van der Waals surface area (Å²) in [7, 11) is 0. The highest BCUT2D eigenvalue weighted by molar-refractivity contribution is 5.70. The molecule has 0 aliphatic rings. The first-order chi connectivity index (χ1) is 13.0. The van der Waals surface area contributed by atoms with E-state index >= 15 is 0 Å². The normalized spacial score (nSPS) is 11.5. The summed E-state index contributed by atoms with van der Waals surface area (Å²) in [5.41, 5.74) is 5.66. The quantitative estimate of drug-likeness (QED) is 0.397. The SMILES string of the molecule is CC(C)(C)c1ccc(-c2ccc(-c3cccc(-c4ccccn4)c3)o2)cc1. The van der Waals surface area contributed by atoms with Crippen molar-refractivity contribution in [3.63, 3.8) is 0 Å². The van der Waals surface area contributed by atoms with Crippen LogP contribution in [0.2, 0.25) is 0 Å². The van der Waals surface area contributed by atoms with Crippen LogP contribution >= 0.6 is 0 Å². The standard InChI is InChI=1S/C25H23NO/c1-25(2,3)21-12-10-18(11-13-21)23-14-15-24(27-23)20-8-6-7-19(17-20)22-9-4-5-16-26-22/h4-17H,1-3H3. The second-order valence-corrected chi connectivity index (χ2v) is 7.79. The van der Waals surface area contributed by atoms with Crippen molar-refractivity contribution in [3.05, 3.63) is 90.6 Å². The van der Waals surface area contributed by atoms with Crippen LogP contribution < -0.4 is 0 Å². The third-order valence-electron chi connectivity index (χ3n) is 4.75. The minimum Gasteiger partial charge on any atom is -0.456 e. The van der Waals surface area contributed by atoms with E-state index in [4.69, 9.17) is 4.42 Å². The van der Waals surface area contributed by atoms with Gasteiger partial charge in [0.15, 0.2) is 0 Å². The molecule has 2 aromatic heterocycles. The van der Waals surface area contributed by atoms with Gasteiger partial charge in [-0.2, -0.15) is 0 Å². The average molecular weight is 353 g/mol. The van der Waals surface area contributed by atoms with Crippen molar-refractivity contribution in [1.82, 2.24) is 4.98 Å². The number of aromatic nitrogens is 1. The average Bonchev–Trinajstić information content (AvgIpc) is 3.19. The van der Waals surface area contributed by atoms with Gasteiger partial charge in [0.2, 0.25) is 0 Å². The molecule has 0 atom stereocenters. The predicted molar refractivity (Wildman–Crippen MR) is 112 cm³/mol. The zero-order chi connectivity index (χ0) is 18.9. The summed E-state index contributed by atoms with van der Waals surface area (Å²) in [5.74, 6) is 1.75. The number of hydrogen-bond donors (Lipinski definition) is 0. The molecule has 0 fully saturated rings. The summed E-state index contributed by atoms with van der Waals surface area (Å²) in [4.78, 5) is 4.43. The third-order valence-corrected chi connectivity index (χ3v) is 4.75. The van der Waals surface area contributed by atoms with Crippen LogP contribution in [-0.4, -0.2) is 4.98 Å². The van der Waals surface area contributed by atoms with E-state index in [0.29, 0.717) is 0 Å². The molecule has 2 heterocycles. The van der Waals surface area contributed by atoms with E-state index in [9.17, 15) is 0 Å². The van der Waals surface area contributed by atoms with Crippen molar-refractivity contribution in [1.29, 1.82) is 0 Å². The highest BCUT2D eigenvalue weighted by Crippen LogP contribution is 2.32. The topological polar surface area (TPSA) is 26.0 Å². The van der Waals surface area contributed by atoms with Gasteiger partial charge in [-0.05, 0) is 41.3 Å². The summed E-state index contributed by atoms with van der Waals surface area (Å²) in [6.07, 6.45) is 1.81. The lowest BCUT2D eigenvalue weighted by Gasteiger charge is -2.18. The third kappa shape index (κ3) is 3.70. The first kappa shape index (κ1) is 17.3. The molecule has 4 rings (SSSR count). The van der Waals surface area contributed by atoms with Crippen LogP contribution in [0.4, 0.5) is 0 Å². The van der Waals surface area contributed by atoms with E-state index in [1.165, 1.54) is 5.56 Å². The van der Waals surface area contributed by atoms with Crippen molar-refractivity contribution in [3.8, 4) is 33.9 Å². The Kier molecular flexibility index (Phi) is 4.41. The molecule has 2 heteroatoms. The number of nitrogens with zero attached hydrogens (tertiary/aromatic N) is 1. The molecule has 134 valence electrons. The lowest BCUT2D eigenvalue weighted by Crippen LogP contribution is -2.10. The summed E-state index contributed by atoms with van der Waals surface area (Å²) < 4.78 is 6.15. The second kappa shape index (κ2) is 6.88. The van der Waals surface area contributed by atoms with Crippen LogP contribution in [0.1, 0.15) is 26.3 Å². The van der Waals surface area contributed by atoms with E-state index in [1.807, 2.05) is 42.6 Å². The van der Waals surface area contributed by atoms with E-state index in [2.05, 4.69) is 68.2 Å². The zero-order valence-electron chi connectivity index (χ0n) is 15.9.